The number of rotatable bonds is 4. The Morgan fingerprint density at radius 2 is 2.10 bits per heavy atom. The molecule has 0 radical (unpaired) electrons. The molecule has 1 aliphatic rings. The number of thioether (sulfide) groups is 1. The van der Waals surface area contributed by atoms with Gasteiger partial charge in [-0.05, 0) is 31.0 Å². The van der Waals surface area contributed by atoms with Crippen LogP contribution in [0.2, 0.25) is 0 Å². The van der Waals surface area contributed by atoms with Crippen molar-refractivity contribution in [3.05, 3.63) is 30.1 Å². The molecule has 0 saturated heterocycles. The third-order valence-electron chi connectivity index (χ3n) is 3.60. The van der Waals surface area contributed by atoms with E-state index in [9.17, 15) is 0 Å². The van der Waals surface area contributed by atoms with E-state index >= 15 is 0 Å². The van der Waals surface area contributed by atoms with Crippen LogP contribution in [0.5, 0.6) is 0 Å². The third kappa shape index (κ3) is 3.33. The summed E-state index contributed by atoms with van der Waals surface area (Å²) < 4.78 is 5.32. The monoisotopic (exact) mass is 289 g/mol. The standard InChI is InChI=1S/C15H19N3OS/c16-12-6-4-5-11(9-12)15-17-14(18-19-15)10-20-13-7-2-1-3-8-13/h4-6,9,13H,1-3,7-8,10,16H2. The summed E-state index contributed by atoms with van der Waals surface area (Å²) >= 11 is 1.95. The molecule has 0 spiro atoms. The van der Waals surface area contributed by atoms with Crippen LogP contribution in [-0.2, 0) is 5.75 Å². The quantitative estimate of drug-likeness (QED) is 0.865. The molecular weight excluding hydrogens is 270 g/mol. The highest BCUT2D eigenvalue weighted by atomic mass is 32.2. The molecule has 0 bridgehead atoms. The molecule has 0 atom stereocenters. The Hall–Kier alpha value is -1.49. The summed E-state index contributed by atoms with van der Waals surface area (Å²) in [6, 6.07) is 7.53. The zero-order chi connectivity index (χ0) is 13.8. The minimum atomic E-state index is 0.552. The van der Waals surface area contributed by atoms with Gasteiger partial charge in [-0.3, -0.25) is 0 Å². The van der Waals surface area contributed by atoms with Crippen LogP contribution in [-0.4, -0.2) is 15.4 Å². The number of hydrogen-bond acceptors (Lipinski definition) is 5. The lowest BCUT2D eigenvalue weighted by Gasteiger charge is -2.19. The van der Waals surface area contributed by atoms with E-state index in [0.29, 0.717) is 11.6 Å². The van der Waals surface area contributed by atoms with E-state index in [0.717, 1.165) is 22.4 Å². The minimum absolute atomic E-state index is 0.552. The number of nitrogens with zero attached hydrogens (tertiary/aromatic N) is 2. The molecule has 0 aliphatic heterocycles. The molecule has 1 fully saturated rings. The van der Waals surface area contributed by atoms with Gasteiger partial charge in [-0.1, -0.05) is 30.5 Å². The first-order valence-electron chi connectivity index (χ1n) is 7.11. The van der Waals surface area contributed by atoms with Crippen molar-refractivity contribution in [2.75, 3.05) is 5.73 Å². The molecule has 2 N–H and O–H groups in total. The number of anilines is 1. The fourth-order valence-corrected chi connectivity index (χ4v) is 3.69. The zero-order valence-electron chi connectivity index (χ0n) is 11.4. The highest BCUT2D eigenvalue weighted by molar-refractivity contribution is 7.99. The van der Waals surface area contributed by atoms with Gasteiger partial charge in [0.15, 0.2) is 5.82 Å². The van der Waals surface area contributed by atoms with E-state index in [-0.39, 0.29) is 0 Å². The van der Waals surface area contributed by atoms with E-state index < -0.39 is 0 Å². The van der Waals surface area contributed by atoms with Crippen LogP contribution < -0.4 is 5.73 Å². The van der Waals surface area contributed by atoms with Crippen LogP contribution in [0.15, 0.2) is 28.8 Å². The van der Waals surface area contributed by atoms with Gasteiger partial charge in [-0.2, -0.15) is 16.7 Å². The molecule has 1 aromatic heterocycles. The summed E-state index contributed by atoms with van der Waals surface area (Å²) in [6.07, 6.45) is 6.75. The second kappa shape index (κ2) is 6.31. The zero-order valence-corrected chi connectivity index (χ0v) is 12.2. The van der Waals surface area contributed by atoms with Crippen LogP contribution >= 0.6 is 11.8 Å². The molecule has 0 amide bonds. The lowest BCUT2D eigenvalue weighted by molar-refractivity contribution is 0.425. The average molecular weight is 289 g/mol. The van der Waals surface area contributed by atoms with Crippen LogP contribution in [0.4, 0.5) is 5.69 Å². The van der Waals surface area contributed by atoms with Gasteiger partial charge in [0.25, 0.3) is 5.89 Å². The molecular formula is C15H19N3OS. The van der Waals surface area contributed by atoms with E-state index in [2.05, 4.69) is 10.1 Å². The first-order valence-corrected chi connectivity index (χ1v) is 8.16. The van der Waals surface area contributed by atoms with Crippen LogP contribution in [0.3, 0.4) is 0 Å². The van der Waals surface area contributed by atoms with Gasteiger partial charge >= 0.3 is 0 Å². The van der Waals surface area contributed by atoms with Gasteiger partial charge < -0.3 is 10.3 Å². The molecule has 1 aliphatic carbocycles. The van der Waals surface area contributed by atoms with Gasteiger partial charge in [0.2, 0.25) is 0 Å². The Kier molecular flexibility index (Phi) is 4.25. The molecule has 5 heteroatoms. The normalized spacial score (nSPS) is 16.4. The number of nitrogens with two attached hydrogens (primary N) is 1. The molecule has 0 unspecified atom stereocenters. The second-order valence-electron chi connectivity index (χ2n) is 5.21. The first kappa shape index (κ1) is 13.5. The Labute approximate surface area is 123 Å². The maximum absolute atomic E-state index is 5.76. The Morgan fingerprint density at radius 1 is 1.25 bits per heavy atom. The van der Waals surface area contributed by atoms with E-state index in [4.69, 9.17) is 10.3 Å². The van der Waals surface area contributed by atoms with Crippen molar-refractivity contribution in [2.24, 2.45) is 0 Å². The fourth-order valence-electron chi connectivity index (χ4n) is 2.53. The number of hydrogen-bond donors (Lipinski definition) is 1. The van der Waals surface area contributed by atoms with Gasteiger partial charge in [-0.25, -0.2) is 0 Å². The highest BCUT2D eigenvalue weighted by Gasteiger charge is 2.16. The fraction of sp³-hybridized carbons (Fsp3) is 0.467. The molecule has 3 rings (SSSR count). The lowest BCUT2D eigenvalue weighted by Crippen LogP contribution is -2.08. The van der Waals surface area contributed by atoms with Gasteiger partial charge in [0.05, 0.1) is 5.75 Å². The van der Waals surface area contributed by atoms with Crippen molar-refractivity contribution in [1.29, 1.82) is 0 Å². The first-order chi connectivity index (χ1) is 9.81. The second-order valence-corrected chi connectivity index (χ2v) is 6.50. The summed E-state index contributed by atoms with van der Waals surface area (Å²) in [6.45, 7) is 0. The summed E-state index contributed by atoms with van der Waals surface area (Å²) in [4.78, 5) is 4.45. The molecule has 106 valence electrons. The van der Waals surface area contributed by atoms with Gasteiger partial charge in [0.1, 0.15) is 0 Å². The van der Waals surface area contributed by atoms with Gasteiger partial charge in [0, 0.05) is 16.5 Å². The summed E-state index contributed by atoms with van der Waals surface area (Å²) in [7, 11) is 0. The summed E-state index contributed by atoms with van der Waals surface area (Å²) in [5.74, 6) is 2.16. The Morgan fingerprint density at radius 3 is 2.90 bits per heavy atom. The summed E-state index contributed by atoms with van der Waals surface area (Å²) in [5, 5.41) is 4.82. The number of nitrogen functional groups attached to an aromatic ring is 1. The van der Waals surface area contributed by atoms with Crippen molar-refractivity contribution in [3.8, 4) is 11.5 Å². The Balaban J connectivity index is 1.61. The van der Waals surface area contributed by atoms with Crippen molar-refractivity contribution in [1.82, 2.24) is 10.1 Å². The van der Waals surface area contributed by atoms with E-state index in [1.165, 1.54) is 32.1 Å². The number of aromatic nitrogens is 2. The van der Waals surface area contributed by atoms with E-state index in [1.54, 1.807) is 0 Å². The van der Waals surface area contributed by atoms with Crippen LogP contribution in [0.25, 0.3) is 11.5 Å². The van der Waals surface area contributed by atoms with Crippen molar-refractivity contribution < 1.29 is 4.52 Å². The summed E-state index contributed by atoms with van der Waals surface area (Å²) in [5.41, 5.74) is 7.35. The predicted molar refractivity (Wildman–Crippen MR) is 82.3 cm³/mol. The van der Waals surface area contributed by atoms with Crippen molar-refractivity contribution >= 4 is 17.4 Å². The van der Waals surface area contributed by atoms with Crippen LogP contribution in [0, 0.1) is 0 Å². The third-order valence-corrected chi connectivity index (χ3v) is 4.97. The van der Waals surface area contributed by atoms with Gasteiger partial charge in [-0.15, -0.1) is 0 Å². The maximum Gasteiger partial charge on any atom is 0.258 e. The molecule has 1 saturated carbocycles. The molecule has 1 aromatic carbocycles. The van der Waals surface area contributed by atoms with Crippen molar-refractivity contribution in [3.63, 3.8) is 0 Å². The smallest absolute Gasteiger partial charge is 0.258 e. The van der Waals surface area contributed by atoms with E-state index in [1.807, 2.05) is 36.0 Å². The minimum Gasteiger partial charge on any atom is -0.399 e. The van der Waals surface area contributed by atoms with Crippen molar-refractivity contribution in [2.45, 2.75) is 43.1 Å². The number of benzene rings is 1. The topological polar surface area (TPSA) is 64.9 Å². The average Bonchev–Trinajstić information content (AvgIpc) is 2.95. The Bertz CT molecular complexity index is 564. The lowest BCUT2D eigenvalue weighted by atomic mass is 10.0. The SMILES string of the molecule is Nc1cccc(-c2nc(CSC3CCCCC3)no2)c1. The molecule has 1 heterocycles. The van der Waals surface area contributed by atoms with Crippen LogP contribution in [0.1, 0.15) is 37.9 Å². The maximum atomic E-state index is 5.76. The molecule has 20 heavy (non-hydrogen) atoms. The highest BCUT2D eigenvalue weighted by Crippen LogP contribution is 2.30. The molecule has 4 nitrogen and oxygen atoms in total. The largest absolute Gasteiger partial charge is 0.399 e. The molecule has 2 aromatic rings. The predicted octanol–water partition coefficient (Wildman–Crippen LogP) is 3.88.